The van der Waals surface area contributed by atoms with Crippen LogP contribution < -0.4 is 10.1 Å². The summed E-state index contributed by atoms with van der Waals surface area (Å²) in [5.74, 6) is -0.672. The van der Waals surface area contributed by atoms with Crippen LogP contribution in [-0.4, -0.2) is 22.1 Å². The van der Waals surface area contributed by atoms with Gasteiger partial charge in [-0.1, -0.05) is 11.6 Å². The van der Waals surface area contributed by atoms with E-state index in [-0.39, 0.29) is 23.1 Å². The third-order valence-corrected chi connectivity index (χ3v) is 3.87. The van der Waals surface area contributed by atoms with Crippen molar-refractivity contribution in [3.05, 3.63) is 71.3 Å². The number of carbonyl (C=O) groups excluding carboxylic acids is 1. The Morgan fingerprint density at radius 2 is 2.04 bits per heavy atom. The van der Waals surface area contributed by atoms with Crippen LogP contribution in [0.2, 0.25) is 5.02 Å². The fourth-order valence-corrected chi connectivity index (χ4v) is 2.50. The van der Waals surface area contributed by atoms with Gasteiger partial charge in [-0.3, -0.25) is 4.79 Å². The molecule has 134 valence electrons. The van der Waals surface area contributed by atoms with Crippen LogP contribution in [0.3, 0.4) is 0 Å². The number of ether oxygens (including phenoxy) is 1. The Labute approximate surface area is 153 Å². The first kappa shape index (κ1) is 17.9. The van der Waals surface area contributed by atoms with Gasteiger partial charge in [0.05, 0.1) is 10.7 Å². The van der Waals surface area contributed by atoms with E-state index in [9.17, 15) is 13.6 Å². The quantitative estimate of drug-likeness (QED) is 0.727. The predicted octanol–water partition coefficient (Wildman–Crippen LogP) is 4.13. The zero-order valence-electron chi connectivity index (χ0n) is 13.7. The average Bonchev–Trinajstić information content (AvgIpc) is 3.02. The second-order valence-electron chi connectivity index (χ2n) is 5.42. The van der Waals surface area contributed by atoms with Crippen molar-refractivity contribution in [2.75, 3.05) is 11.9 Å². The fourth-order valence-electron chi connectivity index (χ4n) is 2.33. The maximum absolute atomic E-state index is 14.3. The number of halogens is 3. The van der Waals surface area contributed by atoms with Crippen LogP contribution in [-0.2, 0) is 4.79 Å². The lowest BCUT2D eigenvalue weighted by atomic mass is 10.2. The number of hydrogen-bond donors (Lipinski definition) is 1. The minimum Gasteiger partial charge on any atom is -0.484 e. The molecule has 5 nitrogen and oxygen atoms in total. The Bertz CT molecular complexity index is 959. The minimum atomic E-state index is -0.577. The Balaban J connectivity index is 1.63. The van der Waals surface area contributed by atoms with Crippen molar-refractivity contribution in [3.8, 4) is 11.4 Å². The normalized spacial score (nSPS) is 10.6. The van der Waals surface area contributed by atoms with E-state index in [0.29, 0.717) is 11.5 Å². The van der Waals surface area contributed by atoms with Gasteiger partial charge in [0.25, 0.3) is 5.91 Å². The second kappa shape index (κ2) is 7.53. The molecule has 0 aliphatic rings. The van der Waals surface area contributed by atoms with Crippen molar-refractivity contribution >= 4 is 23.2 Å². The molecule has 0 aliphatic carbocycles. The number of amides is 1. The van der Waals surface area contributed by atoms with E-state index in [0.717, 1.165) is 6.07 Å². The van der Waals surface area contributed by atoms with Crippen LogP contribution in [0.25, 0.3) is 5.69 Å². The molecule has 1 aromatic heterocycles. The summed E-state index contributed by atoms with van der Waals surface area (Å²) >= 11 is 5.64. The highest BCUT2D eigenvalue weighted by molar-refractivity contribution is 6.30. The second-order valence-corrected chi connectivity index (χ2v) is 5.83. The number of nitrogens with one attached hydrogen (secondary N) is 1. The number of aromatic nitrogens is 2. The number of imidazole rings is 1. The fraction of sp³-hybridized carbons (Fsp3) is 0.111. The molecule has 1 N–H and O–H groups in total. The molecule has 0 saturated heterocycles. The summed E-state index contributed by atoms with van der Waals surface area (Å²) in [5.41, 5.74) is 0.616. The number of carbonyl (C=O) groups is 1. The van der Waals surface area contributed by atoms with Gasteiger partial charge in [0.15, 0.2) is 6.61 Å². The van der Waals surface area contributed by atoms with E-state index in [1.807, 2.05) is 0 Å². The van der Waals surface area contributed by atoms with Gasteiger partial charge in [0, 0.05) is 24.1 Å². The van der Waals surface area contributed by atoms with E-state index < -0.39 is 17.5 Å². The Hall–Kier alpha value is -2.93. The number of anilines is 1. The molecule has 3 aromatic rings. The molecule has 0 spiro atoms. The van der Waals surface area contributed by atoms with E-state index >= 15 is 0 Å². The molecule has 2 aromatic carbocycles. The SMILES string of the molecule is Cc1nccn1-c1ccc(NC(=O)COc2ccc(F)c(Cl)c2)cc1F. The summed E-state index contributed by atoms with van der Waals surface area (Å²) in [7, 11) is 0. The smallest absolute Gasteiger partial charge is 0.262 e. The van der Waals surface area contributed by atoms with Crippen molar-refractivity contribution in [3.63, 3.8) is 0 Å². The van der Waals surface area contributed by atoms with Gasteiger partial charge in [0.2, 0.25) is 0 Å². The topological polar surface area (TPSA) is 56.2 Å². The molecule has 0 fully saturated rings. The van der Waals surface area contributed by atoms with Crippen LogP contribution in [0.1, 0.15) is 5.82 Å². The minimum absolute atomic E-state index is 0.102. The zero-order chi connectivity index (χ0) is 18.7. The maximum atomic E-state index is 14.3. The monoisotopic (exact) mass is 377 g/mol. The van der Waals surface area contributed by atoms with Crippen LogP contribution in [0, 0.1) is 18.6 Å². The zero-order valence-corrected chi connectivity index (χ0v) is 14.4. The summed E-state index contributed by atoms with van der Waals surface area (Å²) < 4.78 is 34.2. The standard InChI is InChI=1S/C18H14ClF2N3O2/c1-11-22-6-7-24(11)17-5-2-12(8-16(17)21)23-18(25)10-26-13-3-4-15(20)14(19)9-13/h2-9H,10H2,1H3,(H,23,25). The van der Waals surface area contributed by atoms with Crippen LogP contribution in [0.5, 0.6) is 5.75 Å². The van der Waals surface area contributed by atoms with Crippen molar-refractivity contribution in [1.82, 2.24) is 9.55 Å². The van der Waals surface area contributed by atoms with Gasteiger partial charge in [-0.2, -0.15) is 0 Å². The van der Waals surface area contributed by atoms with Crippen LogP contribution >= 0.6 is 11.6 Å². The molecule has 0 saturated carbocycles. The largest absolute Gasteiger partial charge is 0.484 e. The van der Waals surface area contributed by atoms with E-state index in [4.69, 9.17) is 16.3 Å². The lowest BCUT2D eigenvalue weighted by Crippen LogP contribution is -2.20. The van der Waals surface area contributed by atoms with Crippen molar-refractivity contribution < 1.29 is 18.3 Å². The lowest BCUT2D eigenvalue weighted by molar-refractivity contribution is -0.118. The number of benzene rings is 2. The summed E-state index contributed by atoms with van der Waals surface area (Å²) in [6.07, 6.45) is 3.22. The average molecular weight is 378 g/mol. The molecular formula is C18H14ClF2N3O2. The summed E-state index contributed by atoms with van der Waals surface area (Å²) in [6, 6.07) is 8.09. The molecule has 1 amide bonds. The first-order valence-electron chi connectivity index (χ1n) is 7.61. The van der Waals surface area contributed by atoms with Gasteiger partial charge < -0.3 is 14.6 Å². The van der Waals surface area contributed by atoms with Gasteiger partial charge >= 0.3 is 0 Å². The molecule has 8 heteroatoms. The molecule has 0 aliphatic heterocycles. The number of aryl methyl sites for hydroxylation is 1. The van der Waals surface area contributed by atoms with E-state index in [1.54, 1.807) is 36.0 Å². The molecule has 0 unspecified atom stereocenters. The van der Waals surface area contributed by atoms with Gasteiger partial charge in [-0.25, -0.2) is 13.8 Å². The first-order chi connectivity index (χ1) is 12.4. The van der Waals surface area contributed by atoms with Crippen molar-refractivity contribution in [2.45, 2.75) is 6.92 Å². The highest BCUT2D eigenvalue weighted by atomic mass is 35.5. The predicted molar refractivity (Wildman–Crippen MR) is 93.8 cm³/mol. The third-order valence-electron chi connectivity index (χ3n) is 3.58. The molecule has 0 radical (unpaired) electrons. The lowest BCUT2D eigenvalue weighted by Gasteiger charge is -2.10. The Morgan fingerprint density at radius 3 is 2.69 bits per heavy atom. The summed E-state index contributed by atoms with van der Waals surface area (Å²) in [6.45, 7) is 1.43. The van der Waals surface area contributed by atoms with E-state index in [1.165, 1.54) is 18.2 Å². The maximum Gasteiger partial charge on any atom is 0.262 e. The molecule has 3 rings (SSSR count). The summed E-state index contributed by atoms with van der Waals surface area (Å²) in [4.78, 5) is 16.0. The highest BCUT2D eigenvalue weighted by Gasteiger charge is 2.10. The van der Waals surface area contributed by atoms with E-state index in [2.05, 4.69) is 10.3 Å². The molecule has 0 bridgehead atoms. The number of nitrogens with zero attached hydrogens (tertiary/aromatic N) is 2. The first-order valence-corrected chi connectivity index (χ1v) is 7.99. The van der Waals surface area contributed by atoms with Crippen molar-refractivity contribution in [2.24, 2.45) is 0 Å². The molecular weight excluding hydrogens is 364 g/mol. The van der Waals surface area contributed by atoms with Gasteiger partial charge in [-0.05, 0) is 37.3 Å². The number of hydrogen-bond acceptors (Lipinski definition) is 3. The Kier molecular flexibility index (Phi) is 5.18. The van der Waals surface area contributed by atoms with Crippen LogP contribution in [0.4, 0.5) is 14.5 Å². The molecule has 1 heterocycles. The van der Waals surface area contributed by atoms with Gasteiger partial charge in [-0.15, -0.1) is 0 Å². The van der Waals surface area contributed by atoms with Crippen molar-refractivity contribution in [1.29, 1.82) is 0 Å². The summed E-state index contributed by atoms with van der Waals surface area (Å²) in [5, 5.41) is 2.43. The van der Waals surface area contributed by atoms with Crippen LogP contribution in [0.15, 0.2) is 48.8 Å². The number of rotatable bonds is 5. The highest BCUT2D eigenvalue weighted by Crippen LogP contribution is 2.22. The van der Waals surface area contributed by atoms with Gasteiger partial charge in [0.1, 0.15) is 23.2 Å². The third kappa shape index (κ3) is 4.00. The Morgan fingerprint density at radius 1 is 1.23 bits per heavy atom. The molecule has 26 heavy (non-hydrogen) atoms. The molecule has 0 atom stereocenters.